The van der Waals surface area contributed by atoms with Crippen LogP contribution in [0.3, 0.4) is 0 Å². The van der Waals surface area contributed by atoms with E-state index in [2.05, 4.69) is 13.8 Å². The monoisotopic (exact) mass is 348 g/mol. The Balaban J connectivity index is 1.99. The summed E-state index contributed by atoms with van der Waals surface area (Å²) >= 11 is 0. The van der Waals surface area contributed by atoms with Crippen LogP contribution in [0.1, 0.15) is 72.1 Å². The van der Waals surface area contributed by atoms with Gasteiger partial charge in [0.1, 0.15) is 12.6 Å². The van der Waals surface area contributed by atoms with E-state index in [1.54, 1.807) is 0 Å². The smallest absolute Gasteiger partial charge is 0.311 e. The molecular weight excluding hydrogens is 316 g/mol. The van der Waals surface area contributed by atoms with Gasteiger partial charge in [0.25, 0.3) is 0 Å². The Kier molecular flexibility index (Phi) is 4.40. The van der Waals surface area contributed by atoms with Gasteiger partial charge in [-0.25, -0.2) is 0 Å². The molecular formula is C21H32O4. The molecule has 6 atom stereocenters. The van der Waals surface area contributed by atoms with E-state index in [1.807, 2.05) is 6.92 Å². The van der Waals surface area contributed by atoms with Crippen molar-refractivity contribution in [1.29, 1.82) is 0 Å². The molecule has 3 aliphatic rings. The summed E-state index contributed by atoms with van der Waals surface area (Å²) in [4.78, 5) is 36.6. The highest BCUT2D eigenvalue weighted by molar-refractivity contribution is 5.78. The van der Waals surface area contributed by atoms with Gasteiger partial charge >= 0.3 is 5.97 Å². The fourth-order valence-electron chi connectivity index (χ4n) is 7.12. The van der Waals surface area contributed by atoms with E-state index in [0.717, 1.165) is 51.2 Å². The quantitative estimate of drug-likeness (QED) is 0.572. The van der Waals surface area contributed by atoms with Gasteiger partial charge in [0.15, 0.2) is 0 Å². The number of fused-ring (bicyclic) bond motifs is 3. The normalized spacial score (nSPS) is 49.4. The first-order valence-corrected chi connectivity index (χ1v) is 9.71. The largest absolute Gasteiger partial charge is 0.469 e. The van der Waals surface area contributed by atoms with E-state index in [4.69, 9.17) is 4.74 Å². The van der Waals surface area contributed by atoms with Crippen LogP contribution in [-0.2, 0) is 19.1 Å². The van der Waals surface area contributed by atoms with Crippen molar-refractivity contribution < 1.29 is 19.1 Å². The molecule has 3 rings (SSSR count). The molecule has 0 N–H and O–H groups in total. The van der Waals surface area contributed by atoms with Crippen LogP contribution < -0.4 is 0 Å². The summed E-state index contributed by atoms with van der Waals surface area (Å²) < 4.78 is 5.04. The maximum absolute atomic E-state index is 12.3. The van der Waals surface area contributed by atoms with Crippen LogP contribution in [0.5, 0.6) is 0 Å². The van der Waals surface area contributed by atoms with Gasteiger partial charge in [-0.05, 0) is 69.1 Å². The standard InChI is InChI=1S/C21H32O4/c1-18(17(24)25-4)10-6-16-20(3)9-5-8-19(2,13-22)15(20)7-11-21(16,12-18)14-23/h13-16H,5-12H2,1-4H3. The molecule has 0 spiro atoms. The minimum atomic E-state index is -0.571. The Morgan fingerprint density at radius 1 is 0.960 bits per heavy atom. The molecule has 0 bridgehead atoms. The third kappa shape index (κ3) is 2.50. The Hall–Kier alpha value is -1.19. The van der Waals surface area contributed by atoms with Gasteiger partial charge in [-0.3, -0.25) is 4.79 Å². The van der Waals surface area contributed by atoms with E-state index in [9.17, 15) is 14.4 Å². The second-order valence-electron chi connectivity index (χ2n) is 9.75. The summed E-state index contributed by atoms with van der Waals surface area (Å²) in [6.07, 6.45) is 9.30. The van der Waals surface area contributed by atoms with Crippen molar-refractivity contribution in [3.63, 3.8) is 0 Å². The zero-order valence-corrected chi connectivity index (χ0v) is 16.1. The van der Waals surface area contributed by atoms with Gasteiger partial charge in [-0.15, -0.1) is 0 Å². The van der Waals surface area contributed by atoms with Gasteiger partial charge in [0.2, 0.25) is 0 Å². The first-order chi connectivity index (χ1) is 11.7. The van der Waals surface area contributed by atoms with E-state index in [1.165, 1.54) is 13.4 Å². The van der Waals surface area contributed by atoms with Crippen molar-refractivity contribution in [2.75, 3.05) is 7.11 Å². The second kappa shape index (κ2) is 5.92. The van der Waals surface area contributed by atoms with Crippen LogP contribution in [0.25, 0.3) is 0 Å². The molecule has 0 aromatic rings. The average Bonchev–Trinajstić information content (AvgIpc) is 2.60. The lowest BCUT2D eigenvalue weighted by molar-refractivity contribution is -0.183. The number of methoxy groups -OCH3 is 1. The molecule has 0 aromatic heterocycles. The summed E-state index contributed by atoms with van der Waals surface area (Å²) in [6, 6.07) is 0. The number of carbonyl (C=O) groups excluding carboxylic acids is 3. The maximum atomic E-state index is 12.3. The Labute approximate surface area is 151 Å². The van der Waals surface area contributed by atoms with E-state index >= 15 is 0 Å². The van der Waals surface area contributed by atoms with Gasteiger partial charge in [0.05, 0.1) is 12.5 Å². The number of rotatable bonds is 3. The number of ether oxygens (including phenoxy) is 1. The van der Waals surface area contributed by atoms with Crippen molar-refractivity contribution in [3.05, 3.63) is 0 Å². The highest BCUT2D eigenvalue weighted by atomic mass is 16.5. The summed E-state index contributed by atoms with van der Waals surface area (Å²) in [6.45, 7) is 6.37. The Morgan fingerprint density at radius 3 is 2.24 bits per heavy atom. The number of hydrogen-bond donors (Lipinski definition) is 0. The number of esters is 1. The predicted octanol–water partition coefficient (Wildman–Crippen LogP) is 3.96. The molecule has 140 valence electrons. The Bertz CT molecular complexity index is 586. The molecule has 25 heavy (non-hydrogen) atoms. The first-order valence-electron chi connectivity index (χ1n) is 9.71. The van der Waals surface area contributed by atoms with Crippen LogP contribution in [0.2, 0.25) is 0 Å². The molecule has 0 heterocycles. The molecule has 4 nitrogen and oxygen atoms in total. The molecule has 0 saturated heterocycles. The fourth-order valence-corrected chi connectivity index (χ4v) is 7.12. The van der Waals surface area contributed by atoms with E-state index < -0.39 is 10.8 Å². The molecule has 3 aliphatic carbocycles. The summed E-state index contributed by atoms with van der Waals surface area (Å²) in [7, 11) is 1.43. The SMILES string of the molecule is COC(=O)C1(C)CCC2C(C=O)(CCC3C(C)(C=O)CCCC32C)C1. The maximum Gasteiger partial charge on any atom is 0.311 e. The predicted molar refractivity (Wildman–Crippen MR) is 94.8 cm³/mol. The van der Waals surface area contributed by atoms with Gasteiger partial charge in [-0.1, -0.05) is 20.3 Å². The summed E-state index contributed by atoms with van der Waals surface area (Å²) in [5, 5.41) is 0. The minimum Gasteiger partial charge on any atom is -0.469 e. The average molecular weight is 348 g/mol. The van der Waals surface area contributed by atoms with Crippen molar-refractivity contribution >= 4 is 18.5 Å². The third-order valence-corrected chi connectivity index (χ3v) is 8.30. The van der Waals surface area contributed by atoms with Crippen LogP contribution in [-0.4, -0.2) is 25.7 Å². The third-order valence-electron chi connectivity index (χ3n) is 8.30. The fraction of sp³-hybridized carbons (Fsp3) is 0.857. The lowest BCUT2D eigenvalue weighted by Crippen LogP contribution is -2.60. The van der Waals surface area contributed by atoms with Crippen LogP contribution in [0.15, 0.2) is 0 Å². The molecule has 0 amide bonds. The number of carbonyl (C=O) groups is 3. The van der Waals surface area contributed by atoms with E-state index in [0.29, 0.717) is 12.3 Å². The Morgan fingerprint density at radius 2 is 1.64 bits per heavy atom. The highest BCUT2D eigenvalue weighted by Crippen LogP contribution is 2.68. The van der Waals surface area contributed by atoms with Crippen LogP contribution in [0.4, 0.5) is 0 Å². The zero-order valence-electron chi connectivity index (χ0n) is 16.1. The first kappa shape index (κ1) is 18.6. The van der Waals surface area contributed by atoms with Gasteiger partial charge < -0.3 is 14.3 Å². The molecule has 0 aromatic carbocycles. The van der Waals surface area contributed by atoms with Gasteiger partial charge in [0, 0.05) is 10.8 Å². The van der Waals surface area contributed by atoms with Crippen molar-refractivity contribution in [2.24, 2.45) is 33.5 Å². The number of hydrogen-bond acceptors (Lipinski definition) is 4. The summed E-state index contributed by atoms with van der Waals surface area (Å²) in [5.74, 6) is 0.404. The van der Waals surface area contributed by atoms with Crippen molar-refractivity contribution in [2.45, 2.75) is 72.1 Å². The highest BCUT2D eigenvalue weighted by Gasteiger charge is 2.64. The minimum absolute atomic E-state index is 0.00448. The molecule has 3 fully saturated rings. The summed E-state index contributed by atoms with van der Waals surface area (Å²) in [5.41, 5.74) is -1.29. The van der Waals surface area contributed by atoms with Crippen molar-refractivity contribution in [1.82, 2.24) is 0 Å². The molecule has 3 saturated carbocycles. The molecule has 6 unspecified atom stereocenters. The van der Waals surface area contributed by atoms with Crippen LogP contribution in [0, 0.1) is 33.5 Å². The van der Waals surface area contributed by atoms with E-state index in [-0.39, 0.29) is 22.7 Å². The zero-order chi connectivity index (χ0) is 18.5. The lowest BCUT2D eigenvalue weighted by Gasteiger charge is -2.64. The molecule has 0 aliphatic heterocycles. The molecule has 4 heteroatoms. The second-order valence-corrected chi connectivity index (χ2v) is 9.75. The van der Waals surface area contributed by atoms with Gasteiger partial charge in [-0.2, -0.15) is 0 Å². The van der Waals surface area contributed by atoms with Crippen molar-refractivity contribution in [3.8, 4) is 0 Å². The molecule has 0 radical (unpaired) electrons. The topological polar surface area (TPSA) is 60.4 Å². The lowest BCUT2D eigenvalue weighted by atomic mass is 9.39. The van der Waals surface area contributed by atoms with Crippen LogP contribution >= 0.6 is 0 Å². The number of aldehydes is 2.